The normalized spacial score (nSPS) is 16.8. The van der Waals surface area contributed by atoms with E-state index >= 15 is 0 Å². The van der Waals surface area contributed by atoms with Crippen LogP contribution in [0.4, 0.5) is 19.0 Å². The summed E-state index contributed by atoms with van der Waals surface area (Å²) >= 11 is 0. The fourth-order valence-electron chi connectivity index (χ4n) is 4.03. The number of rotatable bonds is 3. The van der Waals surface area contributed by atoms with Crippen LogP contribution < -0.4 is 4.90 Å². The first kappa shape index (κ1) is 21.1. The molecule has 0 spiro atoms. The number of fused-ring (bicyclic) bond motifs is 2. The lowest BCUT2D eigenvalue weighted by molar-refractivity contribution is -0.145. The van der Waals surface area contributed by atoms with Crippen LogP contribution in [0.3, 0.4) is 0 Å². The smallest absolute Gasteiger partial charge is 0.417 e. The monoisotopic (exact) mass is 434 g/mol. The van der Waals surface area contributed by atoms with E-state index in [2.05, 4.69) is 9.97 Å². The van der Waals surface area contributed by atoms with Gasteiger partial charge in [0.15, 0.2) is 0 Å². The SMILES string of the molecule is COC(=O)C(C)N1Cc2nc(N3CCc4ncc(C(F)(F)F)cc4C3)c(C)cc2C1=O. The molecule has 0 saturated carbocycles. The molecule has 0 aliphatic carbocycles. The maximum Gasteiger partial charge on any atom is 0.417 e. The zero-order valence-corrected chi connectivity index (χ0v) is 17.3. The average Bonchev–Trinajstić information content (AvgIpc) is 3.06. The van der Waals surface area contributed by atoms with E-state index in [1.54, 1.807) is 13.0 Å². The van der Waals surface area contributed by atoms with Crippen molar-refractivity contribution < 1.29 is 27.5 Å². The van der Waals surface area contributed by atoms with Crippen molar-refractivity contribution in [2.45, 2.75) is 45.6 Å². The van der Waals surface area contributed by atoms with Gasteiger partial charge in [-0.2, -0.15) is 13.2 Å². The third-order valence-electron chi connectivity index (χ3n) is 5.75. The molecular weight excluding hydrogens is 413 g/mol. The Labute approximate surface area is 176 Å². The molecule has 2 aromatic rings. The number of methoxy groups -OCH3 is 1. The summed E-state index contributed by atoms with van der Waals surface area (Å²) < 4.78 is 44.0. The number of nitrogens with zero attached hydrogens (tertiary/aromatic N) is 4. The number of halogens is 3. The van der Waals surface area contributed by atoms with E-state index in [4.69, 9.17) is 4.74 Å². The number of hydrogen-bond donors (Lipinski definition) is 0. The van der Waals surface area contributed by atoms with Gasteiger partial charge in [0.2, 0.25) is 0 Å². The highest BCUT2D eigenvalue weighted by atomic mass is 19.4. The molecule has 1 unspecified atom stereocenters. The van der Waals surface area contributed by atoms with Crippen molar-refractivity contribution in [2.24, 2.45) is 0 Å². The summed E-state index contributed by atoms with van der Waals surface area (Å²) in [5.41, 5.74) is 2.09. The van der Waals surface area contributed by atoms with Crippen LogP contribution in [0.25, 0.3) is 0 Å². The van der Waals surface area contributed by atoms with E-state index in [1.165, 1.54) is 12.0 Å². The maximum atomic E-state index is 13.1. The van der Waals surface area contributed by atoms with Gasteiger partial charge in [-0.25, -0.2) is 9.78 Å². The largest absolute Gasteiger partial charge is 0.467 e. The second kappa shape index (κ2) is 7.51. The second-order valence-corrected chi connectivity index (χ2v) is 7.75. The van der Waals surface area contributed by atoms with E-state index in [9.17, 15) is 22.8 Å². The number of ether oxygens (including phenoxy) is 1. The molecule has 0 fully saturated rings. The zero-order valence-electron chi connectivity index (χ0n) is 17.3. The Morgan fingerprint density at radius 1 is 1.23 bits per heavy atom. The number of amides is 1. The predicted molar refractivity (Wildman–Crippen MR) is 104 cm³/mol. The lowest BCUT2D eigenvalue weighted by Gasteiger charge is -2.31. The van der Waals surface area contributed by atoms with Gasteiger partial charge in [-0.1, -0.05) is 0 Å². The van der Waals surface area contributed by atoms with E-state index < -0.39 is 23.8 Å². The minimum Gasteiger partial charge on any atom is -0.467 e. The molecule has 2 aliphatic heterocycles. The van der Waals surface area contributed by atoms with Crippen molar-refractivity contribution >= 4 is 17.7 Å². The molecule has 164 valence electrons. The molecule has 4 heterocycles. The Kier molecular flexibility index (Phi) is 5.10. The van der Waals surface area contributed by atoms with E-state index in [-0.39, 0.29) is 19.0 Å². The van der Waals surface area contributed by atoms with Crippen LogP contribution in [-0.2, 0) is 35.2 Å². The van der Waals surface area contributed by atoms with Gasteiger partial charge in [0.05, 0.1) is 30.5 Å². The maximum absolute atomic E-state index is 13.1. The van der Waals surface area contributed by atoms with Gasteiger partial charge in [-0.05, 0) is 37.1 Å². The van der Waals surface area contributed by atoms with Gasteiger partial charge >= 0.3 is 12.1 Å². The molecule has 0 N–H and O–H groups in total. The van der Waals surface area contributed by atoms with Crippen molar-refractivity contribution in [2.75, 3.05) is 18.6 Å². The molecule has 1 atom stereocenters. The van der Waals surface area contributed by atoms with Gasteiger partial charge in [-0.15, -0.1) is 0 Å². The molecule has 4 rings (SSSR count). The highest BCUT2D eigenvalue weighted by Crippen LogP contribution is 2.34. The third-order valence-corrected chi connectivity index (χ3v) is 5.75. The van der Waals surface area contributed by atoms with Crippen LogP contribution in [0.15, 0.2) is 18.3 Å². The van der Waals surface area contributed by atoms with Crippen LogP contribution >= 0.6 is 0 Å². The van der Waals surface area contributed by atoms with Crippen molar-refractivity contribution in [3.63, 3.8) is 0 Å². The number of anilines is 1. The van der Waals surface area contributed by atoms with Crippen molar-refractivity contribution in [3.05, 3.63) is 52.0 Å². The molecule has 7 nitrogen and oxygen atoms in total. The zero-order chi connectivity index (χ0) is 22.5. The third kappa shape index (κ3) is 3.70. The first-order valence-corrected chi connectivity index (χ1v) is 9.79. The van der Waals surface area contributed by atoms with Gasteiger partial charge in [-0.3, -0.25) is 9.78 Å². The molecule has 1 amide bonds. The molecule has 0 radical (unpaired) electrons. The van der Waals surface area contributed by atoms with Crippen LogP contribution in [0, 0.1) is 6.92 Å². The minimum absolute atomic E-state index is 0.169. The number of esters is 1. The molecule has 0 aromatic carbocycles. The molecule has 2 aliphatic rings. The summed E-state index contributed by atoms with van der Waals surface area (Å²) in [6.45, 7) is 4.36. The van der Waals surface area contributed by atoms with Crippen LogP contribution in [-0.4, -0.2) is 46.4 Å². The minimum atomic E-state index is -4.45. The topological polar surface area (TPSA) is 75.6 Å². The summed E-state index contributed by atoms with van der Waals surface area (Å²) in [6.07, 6.45) is -3.08. The second-order valence-electron chi connectivity index (χ2n) is 7.75. The quantitative estimate of drug-likeness (QED) is 0.692. The summed E-state index contributed by atoms with van der Waals surface area (Å²) in [7, 11) is 1.26. The van der Waals surface area contributed by atoms with Gasteiger partial charge in [0, 0.05) is 31.4 Å². The Balaban J connectivity index is 1.62. The molecular formula is C21H21F3N4O3. The lowest BCUT2D eigenvalue weighted by Crippen LogP contribution is -2.39. The van der Waals surface area contributed by atoms with Crippen LogP contribution in [0.5, 0.6) is 0 Å². The van der Waals surface area contributed by atoms with Crippen molar-refractivity contribution in [1.82, 2.24) is 14.9 Å². The van der Waals surface area contributed by atoms with E-state index in [0.29, 0.717) is 41.3 Å². The Morgan fingerprint density at radius 2 is 1.97 bits per heavy atom. The highest BCUT2D eigenvalue weighted by molar-refractivity contribution is 6.00. The van der Waals surface area contributed by atoms with Gasteiger partial charge in [0.1, 0.15) is 11.9 Å². The molecule has 10 heteroatoms. The number of aryl methyl sites for hydroxylation is 1. The van der Waals surface area contributed by atoms with Crippen LogP contribution in [0.2, 0.25) is 0 Å². The summed E-state index contributed by atoms with van der Waals surface area (Å²) in [4.78, 5) is 36.6. The molecule has 0 bridgehead atoms. The summed E-state index contributed by atoms with van der Waals surface area (Å²) in [5, 5.41) is 0. The van der Waals surface area contributed by atoms with Crippen LogP contribution in [0.1, 0.15) is 45.4 Å². The predicted octanol–water partition coefficient (Wildman–Crippen LogP) is 2.88. The molecule has 0 saturated heterocycles. The fraction of sp³-hybridized carbons (Fsp3) is 0.429. The Bertz CT molecular complexity index is 1070. The van der Waals surface area contributed by atoms with Gasteiger partial charge in [0.25, 0.3) is 5.91 Å². The van der Waals surface area contributed by atoms with Gasteiger partial charge < -0.3 is 14.5 Å². The fourth-order valence-corrected chi connectivity index (χ4v) is 4.03. The first-order valence-electron chi connectivity index (χ1n) is 9.79. The first-order chi connectivity index (χ1) is 14.6. The Hall–Kier alpha value is -3.17. The Morgan fingerprint density at radius 3 is 2.65 bits per heavy atom. The number of pyridine rings is 2. The number of hydrogen-bond acceptors (Lipinski definition) is 6. The van der Waals surface area contributed by atoms with Crippen molar-refractivity contribution in [3.8, 4) is 0 Å². The molecule has 2 aromatic heterocycles. The van der Waals surface area contributed by atoms with Crippen molar-refractivity contribution in [1.29, 1.82) is 0 Å². The summed E-state index contributed by atoms with van der Waals surface area (Å²) in [5.74, 6) is -0.195. The van der Waals surface area contributed by atoms with E-state index in [0.717, 1.165) is 17.8 Å². The number of carbonyl (C=O) groups is 2. The number of aromatic nitrogens is 2. The average molecular weight is 434 g/mol. The number of alkyl halides is 3. The standard InChI is InChI=1S/C21H21F3N4O3/c1-11-6-15-17(10-28(19(15)29)12(2)20(30)31-3)26-18(11)27-5-4-16-13(9-27)7-14(8-25-16)21(22,23)24/h6-8,12H,4-5,9-10H2,1-3H3. The molecule has 31 heavy (non-hydrogen) atoms. The van der Waals surface area contributed by atoms with E-state index in [1.807, 2.05) is 11.8 Å². The number of carbonyl (C=O) groups excluding carboxylic acids is 2. The summed E-state index contributed by atoms with van der Waals surface area (Å²) in [6, 6.07) is 2.12. The highest BCUT2D eigenvalue weighted by Gasteiger charge is 2.37. The lowest BCUT2D eigenvalue weighted by atomic mass is 10.0.